The number of imidazole rings is 1. The fourth-order valence-electron chi connectivity index (χ4n) is 6.34. The van der Waals surface area contributed by atoms with Crippen molar-refractivity contribution in [3.05, 3.63) is 59.5 Å². The summed E-state index contributed by atoms with van der Waals surface area (Å²) in [6.07, 6.45) is 6.63. The van der Waals surface area contributed by atoms with Gasteiger partial charge in [-0.05, 0) is 50.6 Å². The second kappa shape index (κ2) is 11.0. The molecule has 194 valence electrons. The van der Waals surface area contributed by atoms with Gasteiger partial charge in [0, 0.05) is 64.6 Å². The van der Waals surface area contributed by atoms with E-state index in [2.05, 4.69) is 95.2 Å². The van der Waals surface area contributed by atoms with Gasteiger partial charge in [0.2, 0.25) is 0 Å². The van der Waals surface area contributed by atoms with Gasteiger partial charge in [0.25, 0.3) is 0 Å². The van der Waals surface area contributed by atoms with E-state index in [1.165, 1.54) is 11.1 Å². The number of benzene rings is 1. The van der Waals surface area contributed by atoms with E-state index in [4.69, 9.17) is 9.97 Å². The molecule has 0 radical (unpaired) electrons. The standard InChI is InChI=1S/C29H43N7/c1-5-9-26(36-18-14-30-15-19-36)28-32-25-20-23(21-31-27(25)34(28)4)22-35-16-12-29(13-17-35,33(2)3)24-10-7-6-8-11-24/h6-8,10-11,20-21,26,30H,5,9,12-19,22H2,1-4H3/t26-/m1/s1. The van der Waals surface area contributed by atoms with Gasteiger partial charge >= 0.3 is 0 Å². The first-order valence-corrected chi connectivity index (χ1v) is 13.7. The van der Waals surface area contributed by atoms with Crippen LogP contribution in [0.1, 0.15) is 55.6 Å². The van der Waals surface area contributed by atoms with Gasteiger partial charge in [-0.15, -0.1) is 0 Å². The molecule has 0 aliphatic carbocycles. The molecule has 2 aliphatic heterocycles. The van der Waals surface area contributed by atoms with E-state index in [0.29, 0.717) is 6.04 Å². The van der Waals surface area contributed by atoms with Crippen molar-refractivity contribution in [2.75, 3.05) is 53.4 Å². The van der Waals surface area contributed by atoms with Crippen molar-refractivity contribution >= 4 is 11.2 Å². The molecular formula is C29H43N7. The number of hydrogen-bond acceptors (Lipinski definition) is 6. The molecule has 1 atom stereocenters. The molecule has 1 N–H and O–H groups in total. The molecule has 1 aromatic carbocycles. The summed E-state index contributed by atoms with van der Waals surface area (Å²) in [5.41, 5.74) is 4.85. The highest BCUT2D eigenvalue weighted by Gasteiger charge is 2.38. The zero-order valence-corrected chi connectivity index (χ0v) is 22.6. The lowest BCUT2D eigenvalue weighted by molar-refractivity contribution is 0.0507. The predicted molar refractivity (Wildman–Crippen MR) is 147 cm³/mol. The smallest absolute Gasteiger partial charge is 0.159 e. The Balaban J connectivity index is 1.31. The first kappa shape index (κ1) is 25.3. The molecule has 0 unspecified atom stereocenters. The SMILES string of the molecule is CCC[C@H](c1nc2cc(CN3CCC(c4ccccc4)(N(C)C)CC3)cnc2n1C)N1CCNCC1. The lowest BCUT2D eigenvalue weighted by Crippen LogP contribution is -2.50. The van der Waals surface area contributed by atoms with Gasteiger partial charge in [-0.25, -0.2) is 9.97 Å². The number of fused-ring (bicyclic) bond motifs is 1. The minimum atomic E-state index is 0.119. The highest BCUT2D eigenvalue weighted by atomic mass is 15.3. The van der Waals surface area contributed by atoms with Crippen LogP contribution in [0.5, 0.6) is 0 Å². The van der Waals surface area contributed by atoms with Crippen molar-refractivity contribution in [2.24, 2.45) is 7.05 Å². The second-order valence-electron chi connectivity index (χ2n) is 10.9. The number of likely N-dealkylation sites (tertiary alicyclic amines) is 1. The van der Waals surface area contributed by atoms with Crippen molar-refractivity contribution < 1.29 is 0 Å². The molecule has 0 spiro atoms. The summed E-state index contributed by atoms with van der Waals surface area (Å²) in [7, 11) is 6.59. The highest BCUT2D eigenvalue weighted by molar-refractivity contribution is 5.72. The van der Waals surface area contributed by atoms with Crippen molar-refractivity contribution in [1.82, 2.24) is 34.6 Å². The maximum atomic E-state index is 5.16. The molecule has 3 aromatic rings. The van der Waals surface area contributed by atoms with E-state index >= 15 is 0 Å². The Kier molecular flexibility index (Phi) is 7.72. The number of nitrogens with one attached hydrogen (secondary N) is 1. The summed E-state index contributed by atoms with van der Waals surface area (Å²) >= 11 is 0. The molecule has 5 rings (SSSR count). The number of rotatable bonds is 8. The molecule has 7 nitrogen and oxygen atoms in total. The normalized spacial score (nSPS) is 20.2. The van der Waals surface area contributed by atoms with Gasteiger partial charge < -0.3 is 9.88 Å². The molecule has 0 saturated carbocycles. The Morgan fingerprint density at radius 2 is 1.78 bits per heavy atom. The van der Waals surface area contributed by atoms with Crippen LogP contribution in [-0.4, -0.2) is 82.6 Å². The number of nitrogens with zero attached hydrogens (tertiary/aromatic N) is 6. The van der Waals surface area contributed by atoms with E-state index in [9.17, 15) is 0 Å². The van der Waals surface area contributed by atoms with Crippen LogP contribution in [0.3, 0.4) is 0 Å². The Morgan fingerprint density at radius 3 is 2.44 bits per heavy atom. The monoisotopic (exact) mass is 489 g/mol. The van der Waals surface area contributed by atoms with Gasteiger partial charge in [-0.1, -0.05) is 43.7 Å². The van der Waals surface area contributed by atoms with Crippen molar-refractivity contribution in [3.63, 3.8) is 0 Å². The number of aryl methyl sites for hydroxylation is 1. The summed E-state index contributed by atoms with van der Waals surface area (Å²) in [4.78, 5) is 17.7. The largest absolute Gasteiger partial charge is 0.315 e. The highest BCUT2D eigenvalue weighted by Crippen LogP contribution is 2.37. The molecular weight excluding hydrogens is 446 g/mol. The average Bonchev–Trinajstić information content (AvgIpc) is 3.24. The van der Waals surface area contributed by atoms with Crippen molar-refractivity contribution in [1.29, 1.82) is 0 Å². The summed E-state index contributed by atoms with van der Waals surface area (Å²) in [5.74, 6) is 1.16. The first-order valence-electron chi connectivity index (χ1n) is 13.7. The van der Waals surface area contributed by atoms with Crippen LogP contribution < -0.4 is 5.32 Å². The molecule has 2 fully saturated rings. The quantitative estimate of drug-likeness (QED) is 0.520. The van der Waals surface area contributed by atoms with Crippen molar-refractivity contribution in [2.45, 2.75) is 50.7 Å². The van der Waals surface area contributed by atoms with Crippen LogP contribution in [0.4, 0.5) is 0 Å². The topological polar surface area (TPSA) is 52.5 Å². The van der Waals surface area contributed by atoms with E-state index in [-0.39, 0.29) is 5.54 Å². The molecule has 0 amide bonds. The molecule has 2 saturated heterocycles. The van der Waals surface area contributed by atoms with E-state index in [0.717, 1.165) is 88.5 Å². The predicted octanol–water partition coefficient (Wildman–Crippen LogP) is 3.77. The van der Waals surface area contributed by atoms with Crippen LogP contribution in [0.25, 0.3) is 11.2 Å². The number of pyridine rings is 1. The Bertz CT molecular complexity index is 1130. The average molecular weight is 490 g/mol. The van der Waals surface area contributed by atoms with E-state index < -0.39 is 0 Å². The zero-order chi connectivity index (χ0) is 25.1. The molecule has 4 heterocycles. The fraction of sp³-hybridized carbons (Fsp3) is 0.586. The third-order valence-electron chi connectivity index (χ3n) is 8.51. The van der Waals surface area contributed by atoms with Gasteiger partial charge in [0.05, 0.1) is 6.04 Å². The molecule has 0 bridgehead atoms. The lowest BCUT2D eigenvalue weighted by Gasteiger charge is -2.46. The zero-order valence-electron chi connectivity index (χ0n) is 22.6. The van der Waals surface area contributed by atoms with Crippen LogP contribution in [0, 0.1) is 0 Å². The van der Waals surface area contributed by atoms with Gasteiger partial charge in [0.15, 0.2) is 5.65 Å². The second-order valence-corrected chi connectivity index (χ2v) is 10.9. The van der Waals surface area contributed by atoms with Gasteiger partial charge in [0.1, 0.15) is 11.3 Å². The molecule has 7 heteroatoms. The maximum absolute atomic E-state index is 5.16. The minimum Gasteiger partial charge on any atom is -0.315 e. The van der Waals surface area contributed by atoms with Crippen LogP contribution >= 0.6 is 0 Å². The van der Waals surface area contributed by atoms with E-state index in [1.54, 1.807) is 0 Å². The van der Waals surface area contributed by atoms with Crippen LogP contribution in [-0.2, 0) is 19.1 Å². The number of piperidine rings is 1. The fourth-order valence-corrected chi connectivity index (χ4v) is 6.34. The molecule has 36 heavy (non-hydrogen) atoms. The Labute approximate surface area is 216 Å². The number of hydrogen-bond donors (Lipinski definition) is 1. The summed E-state index contributed by atoms with van der Waals surface area (Å²) in [6.45, 7) is 9.65. The summed E-state index contributed by atoms with van der Waals surface area (Å²) in [5, 5.41) is 3.48. The van der Waals surface area contributed by atoms with E-state index in [1.807, 2.05) is 0 Å². The number of piperazine rings is 1. The van der Waals surface area contributed by atoms with Crippen LogP contribution in [0.2, 0.25) is 0 Å². The maximum Gasteiger partial charge on any atom is 0.159 e. The summed E-state index contributed by atoms with van der Waals surface area (Å²) < 4.78 is 2.23. The minimum absolute atomic E-state index is 0.119. The Hall–Kier alpha value is -2.32. The number of aromatic nitrogens is 3. The first-order chi connectivity index (χ1) is 17.5. The Morgan fingerprint density at radius 1 is 1.06 bits per heavy atom. The summed E-state index contributed by atoms with van der Waals surface area (Å²) in [6, 6.07) is 13.7. The third-order valence-corrected chi connectivity index (χ3v) is 8.51. The third kappa shape index (κ3) is 4.94. The molecule has 2 aromatic heterocycles. The van der Waals surface area contributed by atoms with Crippen LogP contribution in [0.15, 0.2) is 42.6 Å². The lowest BCUT2D eigenvalue weighted by atomic mass is 9.79. The van der Waals surface area contributed by atoms with Crippen molar-refractivity contribution in [3.8, 4) is 0 Å². The van der Waals surface area contributed by atoms with Gasteiger partial charge in [-0.2, -0.15) is 0 Å². The van der Waals surface area contributed by atoms with Gasteiger partial charge in [-0.3, -0.25) is 14.7 Å². The molecule has 2 aliphatic rings.